The van der Waals surface area contributed by atoms with Gasteiger partial charge in [0.2, 0.25) is 5.91 Å². The Bertz CT molecular complexity index is 518. The number of carbonyl (C=O) groups is 1. The van der Waals surface area contributed by atoms with E-state index in [-0.39, 0.29) is 5.91 Å². The third kappa shape index (κ3) is 3.27. The van der Waals surface area contributed by atoms with Crippen molar-refractivity contribution in [3.05, 3.63) is 29.8 Å². The monoisotopic (exact) mass is 303 g/mol. The second-order valence-electron chi connectivity index (χ2n) is 6.70. The molecule has 2 fully saturated rings. The van der Waals surface area contributed by atoms with Crippen molar-refractivity contribution >= 4 is 5.91 Å². The number of methoxy groups -OCH3 is 1. The topological polar surface area (TPSA) is 38.8 Å². The van der Waals surface area contributed by atoms with Gasteiger partial charge in [-0.2, -0.15) is 0 Å². The fraction of sp³-hybridized carbons (Fsp3) is 0.611. The Morgan fingerprint density at radius 2 is 2.00 bits per heavy atom. The van der Waals surface area contributed by atoms with Crippen LogP contribution in [0, 0.1) is 5.41 Å². The zero-order valence-corrected chi connectivity index (χ0v) is 13.5. The number of rotatable bonds is 3. The summed E-state index contributed by atoms with van der Waals surface area (Å²) in [6, 6.07) is 8.24. The highest BCUT2D eigenvalue weighted by molar-refractivity contribution is 5.73. The molecule has 22 heavy (non-hydrogen) atoms. The van der Waals surface area contributed by atoms with Crippen LogP contribution < -0.4 is 4.74 Å². The molecule has 3 rings (SSSR count). The maximum Gasteiger partial charge on any atom is 0.219 e. The zero-order chi connectivity index (χ0) is 15.6. The van der Waals surface area contributed by atoms with Gasteiger partial charge in [-0.1, -0.05) is 12.1 Å². The molecule has 0 saturated carbocycles. The quantitative estimate of drug-likeness (QED) is 0.861. The van der Waals surface area contributed by atoms with Crippen molar-refractivity contribution < 1.29 is 14.3 Å². The maximum absolute atomic E-state index is 11.4. The van der Waals surface area contributed by atoms with Crippen LogP contribution in [0.25, 0.3) is 0 Å². The first-order chi connectivity index (χ1) is 10.6. The lowest BCUT2D eigenvalue weighted by atomic mass is 9.76. The minimum Gasteiger partial charge on any atom is -0.497 e. The fourth-order valence-electron chi connectivity index (χ4n) is 3.70. The van der Waals surface area contributed by atoms with Crippen LogP contribution >= 0.6 is 0 Å². The highest BCUT2D eigenvalue weighted by Crippen LogP contribution is 2.42. The first-order valence-corrected chi connectivity index (χ1v) is 8.10. The highest BCUT2D eigenvalue weighted by Gasteiger charge is 2.42. The Morgan fingerprint density at radius 3 is 2.59 bits per heavy atom. The van der Waals surface area contributed by atoms with Crippen molar-refractivity contribution in [2.75, 3.05) is 26.8 Å². The molecule has 1 aromatic rings. The summed E-state index contributed by atoms with van der Waals surface area (Å²) >= 11 is 0. The van der Waals surface area contributed by atoms with Crippen LogP contribution in [-0.4, -0.2) is 43.7 Å². The molecule has 0 radical (unpaired) electrons. The van der Waals surface area contributed by atoms with E-state index < -0.39 is 0 Å². The molecule has 1 amide bonds. The molecule has 2 saturated heterocycles. The van der Waals surface area contributed by atoms with Crippen molar-refractivity contribution in [1.82, 2.24) is 4.90 Å². The Balaban J connectivity index is 1.55. The number of hydrogen-bond acceptors (Lipinski definition) is 3. The summed E-state index contributed by atoms with van der Waals surface area (Å²) in [5.74, 6) is 1.09. The second kappa shape index (κ2) is 6.29. The van der Waals surface area contributed by atoms with Crippen molar-refractivity contribution in [1.29, 1.82) is 0 Å². The Kier molecular flexibility index (Phi) is 4.39. The number of amides is 1. The molecule has 0 aromatic heterocycles. The van der Waals surface area contributed by atoms with Crippen molar-refractivity contribution in [2.24, 2.45) is 5.41 Å². The van der Waals surface area contributed by atoms with E-state index >= 15 is 0 Å². The van der Waals surface area contributed by atoms with Gasteiger partial charge in [-0.3, -0.25) is 4.79 Å². The minimum atomic E-state index is 0.198. The summed E-state index contributed by atoms with van der Waals surface area (Å²) in [5, 5.41) is 0. The highest BCUT2D eigenvalue weighted by atomic mass is 16.5. The second-order valence-corrected chi connectivity index (χ2v) is 6.70. The molecule has 2 aliphatic rings. The van der Waals surface area contributed by atoms with E-state index in [1.165, 1.54) is 5.56 Å². The van der Waals surface area contributed by atoms with Crippen LogP contribution in [-0.2, 0) is 16.0 Å². The number of likely N-dealkylation sites (tertiary alicyclic amines) is 1. The summed E-state index contributed by atoms with van der Waals surface area (Å²) in [5.41, 5.74) is 1.59. The van der Waals surface area contributed by atoms with Gasteiger partial charge in [0.15, 0.2) is 0 Å². The lowest BCUT2D eigenvalue weighted by Crippen LogP contribution is -2.42. The van der Waals surface area contributed by atoms with Crippen LogP contribution in [0.5, 0.6) is 5.75 Å². The average molecular weight is 303 g/mol. The number of nitrogens with zero attached hydrogens (tertiary/aromatic N) is 1. The summed E-state index contributed by atoms with van der Waals surface area (Å²) in [6.07, 6.45) is 4.53. The smallest absolute Gasteiger partial charge is 0.219 e. The molecule has 0 aliphatic carbocycles. The number of ether oxygens (including phenoxy) is 2. The standard InChI is InChI=1S/C18H25NO3/c1-14(20)19-9-7-18(8-10-19)12-17(22-13-18)11-15-3-5-16(21-2)6-4-15/h3-6,17H,7-13H2,1-2H3. The zero-order valence-electron chi connectivity index (χ0n) is 13.5. The number of benzene rings is 1. The van der Waals surface area contributed by atoms with Gasteiger partial charge in [0, 0.05) is 20.0 Å². The number of carbonyl (C=O) groups excluding carboxylic acids is 1. The van der Waals surface area contributed by atoms with Crippen molar-refractivity contribution in [3.63, 3.8) is 0 Å². The Morgan fingerprint density at radius 1 is 1.32 bits per heavy atom. The van der Waals surface area contributed by atoms with Gasteiger partial charge in [0.25, 0.3) is 0 Å². The van der Waals surface area contributed by atoms with E-state index in [9.17, 15) is 4.79 Å². The summed E-state index contributed by atoms with van der Waals surface area (Å²) in [6.45, 7) is 4.27. The SMILES string of the molecule is COc1ccc(CC2CC3(CCN(C(C)=O)CC3)CO2)cc1. The molecule has 4 heteroatoms. The first kappa shape index (κ1) is 15.3. The van der Waals surface area contributed by atoms with Crippen molar-refractivity contribution in [3.8, 4) is 5.75 Å². The summed E-state index contributed by atoms with van der Waals surface area (Å²) in [4.78, 5) is 13.4. The average Bonchev–Trinajstić information content (AvgIpc) is 2.91. The Labute approximate surface area is 132 Å². The molecular weight excluding hydrogens is 278 g/mol. The largest absolute Gasteiger partial charge is 0.497 e. The van der Waals surface area contributed by atoms with E-state index in [1.807, 2.05) is 17.0 Å². The lowest BCUT2D eigenvalue weighted by Gasteiger charge is -2.38. The van der Waals surface area contributed by atoms with E-state index in [4.69, 9.17) is 9.47 Å². The summed E-state index contributed by atoms with van der Waals surface area (Å²) in [7, 11) is 1.69. The first-order valence-electron chi connectivity index (χ1n) is 8.10. The fourth-order valence-corrected chi connectivity index (χ4v) is 3.70. The molecule has 2 heterocycles. The van der Waals surface area contributed by atoms with Gasteiger partial charge in [-0.25, -0.2) is 0 Å². The molecule has 1 atom stereocenters. The van der Waals surface area contributed by atoms with Gasteiger partial charge < -0.3 is 14.4 Å². The number of hydrogen-bond donors (Lipinski definition) is 0. The molecule has 4 nitrogen and oxygen atoms in total. The van der Waals surface area contributed by atoms with Gasteiger partial charge in [-0.05, 0) is 48.8 Å². The van der Waals surface area contributed by atoms with Crippen molar-refractivity contribution in [2.45, 2.75) is 38.7 Å². The molecule has 1 aromatic carbocycles. The van der Waals surface area contributed by atoms with Gasteiger partial charge in [0.05, 0.1) is 19.8 Å². The van der Waals surface area contributed by atoms with Crippen LogP contribution in [0.15, 0.2) is 24.3 Å². The normalized spacial score (nSPS) is 23.7. The van der Waals surface area contributed by atoms with E-state index in [2.05, 4.69) is 12.1 Å². The van der Waals surface area contributed by atoms with Crippen LogP contribution in [0.1, 0.15) is 31.7 Å². The molecule has 0 bridgehead atoms. The van der Waals surface area contributed by atoms with Gasteiger partial charge in [0.1, 0.15) is 5.75 Å². The predicted molar refractivity (Wildman–Crippen MR) is 85.0 cm³/mol. The molecule has 0 N–H and O–H groups in total. The summed E-state index contributed by atoms with van der Waals surface area (Å²) < 4.78 is 11.3. The Hall–Kier alpha value is -1.55. The number of piperidine rings is 1. The molecule has 1 unspecified atom stereocenters. The third-order valence-electron chi connectivity index (χ3n) is 5.18. The maximum atomic E-state index is 11.4. The predicted octanol–water partition coefficient (Wildman–Crippen LogP) is 2.66. The van der Waals surface area contributed by atoms with Gasteiger partial charge >= 0.3 is 0 Å². The third-order valence-corrected chi connectivity index (χ3v) is 5.18. The minimum absolute atomic E-state index is 0.198. The molecular formula is C18H25NO3. The lowest BCUT2D eigenvalue weighted by molar-refractivity contribution is -0.131. The van der Waals surface area contributed by atoms with E-state index in [0.29, 0.717) is 11.5 Å². The van der Waals surface area contributed by atoms with Crippen LogP contribution in [0.3, 0.4) is 0 Å². The van der Waals surface area contributed by atoms with Gasteiger partial charge in [-0.15, -0.1) is 0 Å². The van der Waals surface area contributed by atoms with E-state index in [1.54, 1.807) is 14.0 Å². The molecule has 2 aliphatic heterocycles. The molecule has 120 valence electrons. The van der Waals surface area contributed by atoms with Crippen LogP contribution in [0.2, 0.25) is 0 Å². The van der Waals surface area contributed by atoms with E-state index in [0.717, 1.165) is 51.1 Å². The van der Waals surface area contributed by atoms with Crippen LogP contribution in [0.4, 0.5) is 0 Å². The molecule has 1 spiro atoms.